The second-order valence-electron chi connectivity index (χ2n) is 6.51. The molecule has 138 valence electrons. The number of hydrogen-bond acceptors (Lipinski definition) is 1. The molecule has 0 radical (unpaired) electrons. The van der Waals surface area contributed by atoms with Gasteiger partial charge in [-0.2, -0.15) is 0 Å². The van der Waals surface area contributed by atoms with E-state index in [0.29, 0.717) is 17.0 Å². The molecule has 0 aliphatic carbocycles. The van der Waals surface area contributed by atoms with E-state index in [1.54, 1.807) is 11.5 Å². The van der Waals surface area contributed by atoms with Crippen molar-refractivity contribution in [3.63, 3.8) is 0 Å². The van der Waals surface area contributed by atoms with Gasteiger partial charge in [-0.15, -0.1) is 0 Å². The Morgan fingerprint density at radius 2 is 1.36 bits per heavy atom. The van der Waals surface area contributed by atoms with E-state index >= 15 is 0 Å². The minimum atomic E-state index is -0.958. The molecule has 0 fully saturated rings. The smallest absolute Gasteiger partial charge is 0.185 e. The van der Waals surface area contributed by atoms with Gasteiger partial charge in [-0.1, -0.05) is 66.7 Å². The fourth-order valence-electron chi connectivity index (χ4n) is 3.38. The molecular formula is C24H17F2NO. The van der Waals surface area contributed by atoms with Crippen LogP contribution in [0.1, 0.15) is 5.56 Å². The Hall–Kier alpha value is -3.53. The molecule has 0 amide bonds. The van der Waals surface area contributed by atoms with Gasteiger partial charge in [0.1, 0.15) is 0 Å². The molecule has 0 saturated carbocycles. The van der Waals surface area contributed by atoms with Crippen molar-refractivity contribution in [1.29, 1.82) is 0 Å². The van der Waals surface area contributed by atoms with Crippen LogP contribution in [0, 0.1) is 18.6 Å². The first-order valence-corrected chi connectivity index (χ1v) is 8.90. The summed E-state index contributed by atoms with van der Waals surface area (Å²) >= 11 is 0. The van der Waals surface area contributed by atoms with Crippen LogP contribution in [-0.4, -0.2) is 4.57 Å². The fourth-order valence-corrected chi connectivity index (χ4v) is 3.38. The third-order valence-corrected chi connectivity index (χ3v) is 4.75. The highest BCUT2D eigenvalue weighted by atomic mass is 19.2. The van der Waals surface area contributed by atoms with Crippen LogP contribution in [0.4, 0.5) is 8.78 Å². The van der Waals surface area contributed by atoms with E-state index in [4.69, 9.17) is 0 Å². The van der Waals surface area contributed by atoms with Crippen LogP contribution < -0.4 is 5.43 Å². The van der Waals surface area contributed by atoms with Gasteiger partial charge in [0.05, 0.1) is 17.1 Å². The number of benzene rings is 3. The molecule has 2 nitrogen and oxygen atoms in total. The van der Waals surface area contributed by atoms with Crippen molar-refractivity contribution in [2.75, 3.05) is 0 Å². The van der Waals surface area contributed by atoms with Crippen LogP contribution in [0.25, 0.3) is 28.2 Å². The lowest BCUT2D eigenvalue weighted by atomic mass is 10.0. The summed E-state index contributed by atoms with van der Waals surface area (Å²) in [5.41, 5.74) is 2.89. The maximum atomic E-state index is 14.8. The summed E-state index contributed by atoms with van der Waals surface area (Å²) in [4.78, 5) is 12.8. The second kappa shape index (κ2) is 7.24. The van der Waals surface area contributed by atoms with Crippen LogP contribution in [0.5, 0.6) is 0 Å². The molecule has 0 N–H and O–H groups in total. The quantitative estimate of drug-likeness (QED) is 0.448. The lowest BCUT2D eigenvalue weighted by molar-refractivity contribution is 0.504. The summed E-state index contributed by atoms with van der Waals surface area (Å²) in [7, 11) is 0. The molecule has 0 aliphatic heterocycles. The predicted octanol–water partition coefficient (Wildman–Crippen LogP) is 5.76. The zero-order valence-corrected chi connectivity index (χ0v) is 15.2. The van der Waals surface area contributed by atoms with E-state index in [-0.39, 0.29) is 11.1 Å². The topological polar surface area (TPSA) is 22.0 Å². The standard InChI is InChI=1S/C24H17F2NO/c1-16-22(28)15-21(17-9-4-2-5-10-17)27(20-14-8-13-19(25)23(20)26)24(16)18-11-6-3-7-12-18/h2-15H,1H3. The van der Waals surface area contributed by atoms with Crippen LogP contribution >= 0.6 is 0 Å². The number of pyridine rings is 1. The average Bonchev–Trinajstić information content (AvgIpc) is 2.73. The van der Waals surface area contributed by atoms with Crippen molar-refractivity contribution in [2.45, 2.75) is 6.92 Å². The second-order valence-corrected chi connectivity index (χ2v) is 6.51. The van der Waals surface area contributed by atoms with E-state index in [1.165, 1.54) is 18.2 Å². The SMILES string of the molecule is Cc1c(-c2ccccc2)n(-c2cccc(F)c2F)c(-c2ccccc2)cc1=O. The van der Waals surface area contributed by atoms with Crippen LogP contribution in [0.3, 0.4) is 0 Å². The van der Waals surface area contributed by atoms with E-state index in [9.17, 15) is 13.6 Å². The molecule has 4 aromatic rings. The van der Waals surface area contributed by atoms with E-state index in [2.05, 4.69) is 0 Å². The number of aromatic nitrogens is 1. The summed E-state index contributed by atoms with van der Waals surface area (Å²) < 4.78 is 30.5. The molecular weight excluding hydrogens is 356 g/mol. The van der Waals surface area contributed by atoms with Gasteiger partial charge in [0.2, 0.25) is 0 Å². The maximum Gasteiger partial charge on any atom is 0.185 e. The molecule has 0 unspecified atom stereocenters. The molecule has 4 heteroatoms. The first-order chi connectivity index (χ1) is 13.6. The van der Waals surface area contributed by atoms with Gasteiger partial charge >= 0.3 is 0 Å². The third-order valence-electron chi connectivity index (χ3n) is 4.75. The summed E-state index contributed by atoms with van der Waals surface area (Å²) in [6.07, 6.45) is 0. The number of halogens is 2. The maximum absolute atomic E-state index is 14.8. The van der Waals surface area contributed by atoms with Crippen molar-refractivity contribution in [3.8, 4) is 28.2 Å². The number of rotatable bonds is 3. The lowest BCUT2D eigenvalue weighted by Crippen LogP contribution is -2.16. The highest BCUT2D eigenvalue weighted by molar-refractivity contribution is 5.73. The van der Waals surface area contributed by atoms with E-state index < -0.39 is 11.6 Å². The summed E-state index contributed by atoms with van der Waals surface area (Å²) in [6, 6.07) is 24.0. The largest absolute Gasteiger partial charge is 0.306 e. The van der Waals surface area contributed by atoms with Gasteiger partial charge < -0.3 is 4.57 Å². The zero-order valence-electron chi connectivity index (χ0n) is 15.2. The van der Waals surface area contributed by atoms with Crippen LogP contribution in [0.2, 0.25) is 0 Å². The van der Waals surface area contributed by atoms with Crippen molar-refractivity contribution < 1.29 is 8.78 Å². The number of hydrogen-bond donors (Lipinski definition) is 0. The third kappa shape index (κ3) is 3.03. The van der Waals surface area contributed by atoms with Crippen molar-refractivity contribution >= 4 is 0 Å². The van der Waals surface area contributed by atoms with Crippen LogP contribution in [-0.2, 0) is 0 Å². The molecule has 1 heterocycles. The highest BCUT2D eigenvalue weighted by Crippen LogP contribution is 2.32. The van der Waals surface area contributed by atoms with Crippen molar-refractivity contribution in [1.82, 2.24) is 4.57 Å². The Morgan fingerprint density at radius 1 is 0.750 bits per heavy atom. The monoisotopic (exact) mass is 373 g/mol. The molecule has 0 aliphatic rings. The fraction of sp³-hybridized carbons (Fsp3) is 0.0417. The average molecular weight is 373 g/mol. The zero-order chi connectivity index (χ0) is 19.7. The van der Waals surface area contributed by atoms with Gasteiger partial charge in [0, 0.05) is 11.6 Å². The number of nitrogens with zero attached hydrogens (tertiary/aromatic N) is 1. The Labute approximate surface area is 161 Å². The minimum absolute atomic E-state index is 0.0563. The van der Waals surface area contributed by atoms with E-state index in [0.717, 1.165) is 17.2 Å². The molecule has 0 spiro atoms. The molecule has 28 heavy (non-hydrogen) atoms. The molecule has 4 rings (SSSR count). The van der Waals surface area contributed by atoms with Gasteiger partial charge in [-0.05, 0) is 30.2 Å². The van der Waals surface area contributed by atoms with Gasteiger partial charge in [-0.25, -0.2) is 8.78 Å². The Balaban J connectivity index is 2.19. The first-order valence-electron chi connectivity index (χ1n) is 8.90. The Morgan fingerprint density at radius 3 is 2.00 bits per heavy atom. The van der Waals surface area contributed by atoms with Gasteiger partial charge in [0.15, 0.2) is 17.1 Å². The summed E-state index contributed by atoms with van der Waals surface area (Å²) in [5.74, 6) is -1.90. The molecule has 1 aromatic heterocycles. The lowest BCUT2D eigenvalue weighted by Gasteiger charge is -2.22. The van der Waals surface area contributed by atoms with Crippen molar-refractivity contribution in [2.24, 2.45) is 0 Å². The molecule has 0 atom stereocenters. The highest BCUT2D eigenvalue weighted by Gasteiger charge is 2.20. The van der Waals surface area contributed by atoms with Gasteiger partial charge in [0.25, 0.3) is 0 Å². The summed E-state index contributed by atoms with van der Waals surface area (Å²) in [5, 5.41) is 0. The Bertz CT molecular complexity index is 1200. The normalized spacial score (nSPS) is 10.8. The molecule has 3 aromatic carbocycles. The van der Waals surface area contributed by atoms with Crippen molar-refractivity contribution in [3.05, 3.63) is 112 Å². The van der Waals surface area contributed by atoms with Crippen LogP contribution in [0.15, 0.2) is 89.7 Å². The van der Waals surface area contributed by atoms with Gasteiger partial charge in [-0.3, -0.25) is 4.79 Å². The molecule has 0 bridgehead atoms. The van der Waals surface area contributed by atoms with E-state index in [1.807, 2.05) is 60.7 Å². The predicted molar refractivity (Wildman–Crippen MR) is 108 cm³/mol. The first kappa shape index (κ1) is 17.9. The minimum Gasteiger partial charge on any atom is -0.306 e. The molecule has 0 saturated heterocycles. The Kier molecular flexibility index (Phi) is 4.62. The summed E-state index contributed by atoms with van der Waals surface area (Å²) in [6.45, 7) is 1.70.